The topological polar surface area (TPSA) is 34.1 Å². The zero-order valence-electron chi connectivity index (χ0n) is 7.00. The third-order valence-corrected chi connectivity index (χ3v) is 2.40. The molecule has 0 saturated heterocycles. The van der Waals surface area contributed by atoms with E-state index in [1.54, 1.807) is 0 Å². The van der Waals surface area contributed by atoms with Gasteiger partial charge >= 0.3 is 0 Å². The van der Waals surface area contributed by atoms with Gasteiger partial charge in [0.25, 0.3) is 0 Å². The van der Waals surface area contributed by atoms with Crippen LogP contribution in [0.4, 0.5) is 0 Å². The van der Waals surface area contributed by atoms with Gasteiger partial charge in [-0.15, -0.1) is 0 Å². The van der Waals surface area contributed by atoms with Gasteiger partial charge in [0, 0.05) is 18.6 Å². The molecule has 0 heterocycles. The number of hydrogen-bond donors (Lipinski definition) is 0. The molecule has 0 rings (SSSR count). The van der Waals surface area contributed by atoms with E-state index in [-0.39, 0.29) is 10.4 Å². The van der Waals surface area contributed by atoms with Gasteiger partial charge in [0.15, 0.2) is 5.12 Å². The van der Waals surface area contributed by atoms with Crippen molar-refractivity contribution in [2.24, 2.45) is 0 Å². The maximum atomic E-state index is 10.7. The summed E-state index contributed by atoms with van der Waals surface area (Å²) in [6.07, 6.45) is 3.36. The minimum Gasteiger partial charge on any atom is -0.303 e. The van der Waals surface area contributed by atoms with Crippen LogP contribution in [0.3, 0.4) is 0 Å². The summed E-state index contributed by atoms with van der Waals surface area (Å²) < 4.78 is 0. The smallest absolute Gasteiger partial charge is 0.186 e. The molecule has 3 heteroatoms. The highest BCUT2D eigenvalue weighted by molar-refractivity contribution is 8.14. The number of carbonyl (C=O) groups is 2. The molecule has 0 unspecified atom stereocenters. The van der Waals surface area contributed by atoms with Gasteiger partial charge in [-0.3, -0.25) is 4.79 Å². The Kier molecular flexibility index (Phi) is 6.22. The van der Waals surface area contributed by atoms with E-state index in [1.807, 2.05) is 0 Å². The summed E-state index contributed by atoms with van der Waals surface area (Å²) >= 11 is 1.28. The summed E-state index contributed by atoms with van der Waals surface area (Å²) in [6.45, 7) is 3.59. The maximum Gasteiger partial charge on any atom is 0.186 e. The molecule has 0 bridgehead atoms. The molecule has 0 aliphatic carbocycles. The Bertz CT molecular complexity index is 134. The normalized spacial score (nSPS) is 12.5. The first-order chi connectivity index (χ1) is 5.20. The molecule has 11 heavy (non-hydrogen) atoms. The molecule has 0 aromatic carbocycles. The number of rotatable bonds is 5. The van der Waals surface area contributed by atoms with Crippen LogP contribution in [0.1, 0.15) is 33.1 Å². The molecule has 2 nitrogen and oxygen atoms in total. The summed E-state index contributed by atoms with van der Waals surface area (Å²) in [7, 11) is 0. The lowest BCUT2D eigenvalue weighted by atomic mass is 10.2. The third-order valence-electron chi connectivity index (χ3n) is 1.30. The first kappa shape index (κ1) is 10.7. The van der Waals surface area contributed by atoms with Gasteiger partial charge < -0.3 is 4.79 Å². The summed E-state index contributed by atoms with van der Waals surface area (Å²) in [5.74, 6) is 0. The zero-order valence-corrected chi connectivity index (χ0v) is 7.82. The van der Waals surface area contributed by atoms with Crippen molar-refractivity contribution in [2.45, 2.75) is 38.4 Å². The predicted molar refractivity (Wildman–Crippen MR) is 47.6 cm³/mol. The summed E-state index contributed by atoms with van der Waals surface area (Å²) in [5, 5.41) is 0.306. The maximum absolute atomic E-state index is 10.7. The van der Waals surface area contributed by atoms with Gasteiger partial charge in [-0.1, -0.05) is 25.1 Å². The van der Waals surface area contributed by atoms with Gasteiger partial charge in [-0.2, -0.15) is 0 Å². The molecule has 0 aliphatic rings. The van der Waals surface area contributed by atoms with Crippen molar-refractivity contribution in [3.63, 3.8) is 0 Å². The minimum absolute atomic E-state index is 0.102. The van der Waals surface area contributed by atoms with Crippen molar-refractivity contribution >= 4 is 23.2 Å². The highest BCUT2D eigenvalue weighted by Gasteiger charge is 2.09. The van der Waals surface area contributed by atoms with Crippen molar-refractivity contribution in [3.8, 4) is 0 Å². The number of hydrogen-bond acceptors (Lipinski definition) is 3. The Morgan fingerprint density at radius 1 is 1.64 bits per heavy atom. The van der Waals surface area contributed by atoms with Crippen molar-refractivity contribution in [1.82, 2.24) is 0 Å². The predicted octanol–water partition coefficient (Wildman–Crippen LogP) is 2.02. The molecule has 0 radical (unpaired) electrons. The highest BCUT2D eigenvalue weighted by atomic mass is 32.2. The van der Waals surface area contributed by atoms with Crippen LogP contribution in [-0.2, 0) is 9.59 Å². The van der Waals surface area contributed by atoms with Gasteiger partial charge in [-0.25, -0.2) is 0 Å². The highest BCUT2D eigenvalue weighted by Crippen LogP contribution is 2.19. The van der Waals surface area contributed by atoms with Crippen LogP contribution in [0.5, 0.6) is 0 Å². The van der Waals surface area contributed by atoms with E-state index >= 15 is 0 Å². The standard InChI is InChI=1S/C8H14O2S/c1-3-4-8(5-6-9)11-7(2)10/h6,8H,3-5H2,1-2H3/t8-/m0/s1. The monoisotopic (exact) mass is 174 g/mol. The summed E-state index contributed by atoms with van der Waals surface area (Å²) in [5.41, 5.74) is 0. The molecule has 64 valence electrons. The minimum atomic E-state index is 0.102. The van der Waals surface area contributed by atoms with Crippen LogP contribution in [0.25, 0.3) is 0 Å². The first-order valence-electron chi connectivity index (χ1n) is 3.81. The first-order valence-corrected chi connectivity index (χ1v) is 4.69. The van der Waals surface area contributed by atoms with E-state index in [4.69, 9.17) is 0 Å². The van der Waals surface area contributed by atoms with Crippen molar-refractivity contribution in [1.29, 1.82) is 0 Å². The van der Waals surface area contributed by atoms with Crippen LogP contribution in [0.2, 0.25) is 0 Å². The van der Waals surface area contributed by atoms with Crippen molar-refractivity contribution in [3.05, 3.63) is 0 Å². The van der Waals surface area contributed by atoms with Crippen molar-refractivity contribution in [2.75, 3.05) is 0 Å². The molecular formula is C8H14O2S. The van der Waals surface area contributed by atoms with E-state index in [2.05, 4.69) is 6.92 Å². The molecule has 0 spiro atoms. The van der Waals surface area contributed by atoms with E-state index in [1.165, 1.54) is 18.7 Å². The van der Waals surface area contributed by atoms with Crippen LogP contribution in [-0.4, -0.2) is 16.7 Å². The van der Waals surface area contributed by atoms with E-state index in [0.717, 1.165) is 19.1 Å². The van der Waals surface area contributed by atoms with Crippen molar-refractivity contribution < 1.29 is 9.59 Å². The molecule has 0 saturated carbocycles. The lowest BCUT2D eigenvalue weighted by Crippen LogP contribution is -2.05. The molecular weight excluding hydrogens is 160 g/mol. The largest absolute Gasteiger partial charge is 0.303 e. The molecule has 0 aromatic rings. The van der Waals surface area contributed by atoms with Crippen LogP contribution in [0, 0.1) is 0 Å². The Balaban J connectivity index is 3.67. The van der Waals surface area contributed by atoms with Gasteiger partial charge in [0.05, 0.1) is 0 Å². The van der Waals surface area contributed by atoms with Gasteiger partial charge in [0.2, 0.25) is 0 Å². The van der Waals surface area contributed by atoms with Gasteiger partial charge in [0.1, 0.15) is 6.29 Å². The molecule has 0 N–H and O–H groups in total. The second kappa shape index (κ2) is 6.40. The van der Waals surface area contributed by atoms with Crippen LogP contribution in [0.15, 0.2) is 0 Å². The molecule has 0 fully saturated rings. The lowest BCUT2D eigenvalue weighted by molar-refractivity contribution is -0.109. The average Bonchev–Trinajstić information content (AvgIpc) is 1.87. The SMILES string of the molecule is CCC[C@@H](CC=O)SC(C)=O. The number of carbonyl (C=O) groups excluding carboxylic acids is 2. The fourth-order valence-corrected chi connectivity index (χ4v) is 1.89. The Morgan fingerprint density at radius 2 is 2.27 bits per heavy atom. The molecule has 0 aromatic heterocycles. The molecule has 1 atom stereocenters. The van der Waals surface area contributed by atoms with Crippen LogP contribution < -0.4 is 0 Å². The zero-order chi connectivity index (χ0) is 8.69. The average molecular weight is 174 g/mol. The Hall–Kier alpha value is -0.310. The number of aldehydes is 1. The third kappa shape index (κ3) is 6.10. The summed E-state index contributed by atoms with van der Waals surface area (Å²) in [6, 6.07) is 0. The van der Waals surface area contributed by atoms with E-state index < -0.39 is 0 Å². The quantitative estimate of drug-likeness (QED) is 0.598. The second-order valence-corrected chi connectivity index (χ2v) is 3.90. The fourth-order valence-electron chi connectivity index (χ4n) is 0.889. The summed E-state index contributed by atoms with van der Waals surface area (Å²) in [4.78, 5) is 20.8. The molecule has 0 amide bonds. The number of thioether (sulfide) groups is 1. The lowest BCUT2D eigenvalue weighted by Gasteiger charge is -2.08. The van der Waals surface area contributed by atoms with E-state index in [9.17, 15) is 9.59 Å². The Morgan fingerprint density at radius 3 is 2.64 bits per heavy atom. The fraction of sp³-hybridized carbons (Fsp3) is 0.750. The second-order valence-electron chi connectivity index (χ2n) is 2.42. The molecule has 0 aliphatic heterocycles. The van der Waals surface area contributed by atoms with E-state index in [0.29, 0.717) is 6.42 Å². The Labute approximate surface area is 71.7 Å². The van der Waals surface area contributed by atoms with Crippen LogP contribution >= 0.6 is 11.8 Å². The van der Waals surface area contributed by atoms with Gasteiger partial charge in [-0.05, 0) is 6.42 Å².